The maximum Gasteiger partial charge on any atom is 0.251 e. The molecule has 1 saturated heterocycles. The van der Waals surface area contributed by atoms with Crippen molar-refractivity contribution in [1.82, 2.24) is 25.0 Å². The Morgan fingerprint density at radius 3 is 2.50 bits per heavy atom. The standard InChI is InChI=1S/C21H29N5O3S/c1-4-26-19(18(15(2)3)22-20(28)16-8-6-5-7-9-16)23-24-21(26)30-14-17(27)25-10-12-29-13-11-25/h5-9,15,18H,4,10-14H2,1-3H3,(H,22,28)/t18-/m1/s1. The molecule has 1 aromatic heterocycles. The average molecular weight is 432 g/mol. The van der Waals surface area contributed by atoms with Gasteiger partial charge in [0, 0.05) is 25.2 Å². The molecule has 30 heavy (non-hydrogen) atoms. The zero-order valence-electron chi connectivity index (χ0n) is 17.7. The second kappa shape index (κ2) is 10.6. The van der Waals surface area contributed by atoms with Gasteiger partial charge in [-0.3, -0.25) is 9.59 Å². The molecule has 2 amide bonds. The largest absolute Gasteiger partial charge is 0.378 e. The molecule has 0 spiro atoms. The zero-order chi connectivity index (χ0) is 21.5. The number of hydrogen-bond acceptors (Lipinski definition) is 6. The second-order valence-electron chi connectivity index (χ2n) is 7.43. The van der Waals surface area contributed by atoms with Crippen LogP contribution in [0.4, 0.5) is 0 Å². The van der Waals surface area contributed by atoms with Crippen molar-refractivity contribution < 1.29 is 14.3 Å². The highest BCUT2D eigenvalue weighted by Crippen LogP contribution is 2.25. The minimum atomic E-state index is -0.283. The van der Waals surface area contributed by atoms with Gasteiger partial charge in [0.1, 0.15) is 0 Å². The molecule has 0 aliphatic carbocycles. The highest BCUT2D eigenvalue weighted by Gasteiger charge is 2.26. The number of rotatable bonds is 8. The van der Waals surface area contributed by atoms with Gasteiger partial charge in [0.25, 0.3) is 5.91 Å². The molecule has 1 N–H and O–H groups in total. The van der Waals surface area contributed by atoms with Gasteiger partial charge in [-0.1, -0.05) is 43.8 Å². The Morgan fingerprint density at radius 2 is 1.87 bits per heavy atom. The quantitative estimate of drug-likeness (QED) is 0.646. The molecule has 2 aromatic rings. The smallest absolute Gasteiger partial charge is 0.251 e. The number of benzene rings is 1. The van der Waals surface area contributed by atoms with Crippen LogP contribution in [-0.2, 0) is 16.1 Å². The van der Waals surface area contributed by atoms with Crippen LogP contribution in [0.2, 0.25) is 0 Å². The first-order valence-electron chi connectivity index (χ1n) is 10.3. The number of aromatic nitrogens is 3. The van der Waals surface area contributed by atoms with Crippen LogP contribution in [0.5, 0.6) is 0 Å². The number of hydrogen-bond donors (Lipinski definition) is 1. The predicted octanol–water partition coefficient (Wildman–Crippen LogP) is 2.38. The third-order valence-electron chi connectivity index (χ3n) is 5.02. The molecular formula is C21H29N5O3S. The van der Waals surface area contributed by atoms with Crippen molar-refractivity contribution >= 4 is 23.6 Å². The third kappa shape index (κ3) is 5.40. The Morgan fingerprint density at radius 1 is 1.17 bits per heavy atom. The van der Waals surface area contributed by atoms with Gasteiger partial charge in [-0.2, -0.15) is 0 Å². The minimum Gasteiger partial charge on any atom is -0.378 e. The molecule has 1 atom stereocenters. The lowest BCUT2D eigenvalue weighted by molar-refractivity contribution is -0.132. The summed E-state index contributed by atoms with van der Waals surface area (Å²) in [6, 6.07) is 8.86. The fourth-order valence-corrected chi connectivity index (χ4v) is 4.22. The predicted molar refractivity (Wildman–Crippen MR) is 115 cm³/mol. The van der Waals surface area contributed by atoms with Gasteiger partial charge in [-0.05, 0) is 25.0 Å². The highest BCUT2D eigenvalue weighted by atomic mass is 32.2. The number of carbonyl (C=O) groups is 2. The average Bonchev–Trinajstić information content (AvgIpc) is 3.19. The van der Waals surface area contributed by atoms with Crippen LogP contribution in [0, 0.1) is 5.92 Å². The molecule has 8 nitrogen and oxygen atoms in total. The second-order valence-corrected chi connectivity index (χ2v) is 8.37. The zero-order valence-corrected chi connectivity index (χ0v) is 18.5. The molecule has 1 fully saturated rings. The van der Waals surface area contributed by atoms with Crippen molar-refractivity contribution in [3.63, 3.8) is 0 Å². The van der Waals surface area contributed by atoms with E-state index in [2.05, 4.69) is 15.5 Å². The fraction of sp³-hybridized carbons (Fsp3) is 0.524. The van der Waals surface area contributed by atoms with E-state index in [0.29, 0.717) is 55.1 Å². The van der Waals surface area contributed by atoms with E-state index >= 15 is 0 Å². The monoisotopic (exact) mass is 431 g/mol. The van der Waals surface area contributed by atoms with E-state index in [0.717, 1.165) is 0 Å². The molecule has 0 radical (unpaired) electrons. The van der Waals surface area contributed by atoms with Crippen LogP contribution in [0.3, 0.4) is 0 Å². The SMILES string of the molecule is CCn1c(SCC(=O)N2CCOCC2)nnc1[C@H](NC(=O)c1ccccc1)C(C)C. The summed E-state index contributed by atoms with van der Waals surface area (Å²) in [7, 11) is 0. The van der Waals surface area contributed by atoms with Crippen molar-refractivity contribution in [2.45, 2.75) is 38.5 Å². The van der Waals surface area contributed by atoms with Crippen molar-refractivity contribution in [1.29, 1.82) is 0 Å². The van der Waals surface area contributed by atoms with Crippen LogP contribution < -0.4 is 5.32 Å². The van der Waals surface area contributed by atoms with Gasteiger partial charge in [-0.25, -0.2) is 0 Å². The van der Waals surface area contributed by atoms with Gasteiger partial charge in [-0.15, -0.1) is 10.2 Å². The summed E-state index contributed by atoms with van der Waals surface area (Å²) in [4.78, 5) is 27.0. The van der Waals surface area contributed by atoms with Crippen molar-refractivity contribution in [2.24, 2.45) is 5.92 Å². The number of amides is 2. The lowest BCUT2D eigenvalue weighted by Gasteiger charge is -2.26. The Labute approximate surface area is 181 Å². The Balaban J connectivity index is 1.71. The minimum absolute atomic E-state index is 0.0771. The first-order chi connectivity index (χ1) is 14.5. The number of ether oxygens (including phenoxy) is 1. The molecule has 3 rings (SSSR count). The van der Waals surface area contributed by atoms with E-state index in [4.69, 9.17) is 4.74 Å². The maximum absolute atomic E-state index is 12.7. The van der Waals surface area contributed by atoms with Crippen molar-refractivity contribution in [3.05, 3.63) is 41.7 Å². The summed E-state index contributed by atoms with van der Waals surface area (Å²) in [5.41, 5.74) is 0.608. The Bertz CT molecular complexity index is 850. The number of morpholine rings is 1. The molecule has 1 aromatic carbocycles. The molecule has 9 heteroatoms. The Hall–Kier alpha value is -2.39. The number of nitrogens with one attached hydrogen (secondary N) is 1. The fourth-order valence-electron chi connectivity index (χ4n) is 3.31. The summed E-state index contributed by atoms with van der Waals surface area (Å²) in [6.07, 6.45) is 0. The number of thioether (sulfide) groups is 1. The summed E-state index contributed by atoms with van der Waals surface area (Å²) in [6.45, 7) is 9.18. The van der Waals surface area contributed by atoms with E-state index in [9.17, 15) is 9.59 Å². The lowest BCUT2D eigenvalue weighted by Crippen LogP contribution is -2.41. The van der Waals surface area contributed by atoms with E-state index in [-0.39, 0.29) is 23.8 Å². The normalized spacial score (nSPS) is 15.3. The van der Waals surface area contributed by atoms with E-state index < -0.39 is 0 Å². The topological polar surface area (TPSA) is 89.3 Å². The van der Waals surface area contributed by atoms with Gasteiger partial charge < -0.3 is 19.5 Å². The van der Waals surface area contributed by atoms with Crippen LogP contribution in [0.25, 0.3) is 0 Å². The molecular weight excluding hydrogens is 402 g/mol. The van der Waals surface area contributed by atoms with Gasteiger partial charge in [0.2, 0.25) is 5.91 Å². The van der Waals surface area contributed by atoms with Crippen molar-refractivity contribution in [2.75, 3.05) is 32.1 Å². The maximum atomic E-state index is 12.7. The van der Waals surface area contributed by atoms with E-state index in [1.54, 1.807) is 12.1 Å². The summed E-state index contributed by atoms with van der Waals surface area (Å²) in [5.74, 6) is 1.07. The number of nitrogens with zero attached hydrogens (tertiary/aromatic N) is 4. The summed E-state index contributed by atoms with van der Waals surface area (Å²) < 4.78 is 7.28. The molecule has 0 bridgehead atoms. The van der Waals surface area contributed by atoms with Gasteiger partial charge in [0.05, 0.1) is 25.0 Å². The van der Waals surface area contributed by atoms with Gasteiger partial charge in [0.15, 0.2) is 11.0 Å². The highest BCUT2D eigenvalue weighted by molar-refractivity contribution is 7.99. The molecule has 1 aliphatic heterocycles. The third-order valence-corrected chi connectivity index (χ3v) is 5.97. The Kier molecular flexibility index (Phi) is 7.87. The first-order valence-corrected chi connectivity index (χ1v) is 11.3. The molecule has 1 aliphatic rings. The molecule has 162 valence electrons. The molecule has 0 saturated carbocycles. The van der Waals surface area contributed by atoms with E-state index in [1.165, 1.54) is 11.8 Å². The summed E-state index contributed by atoms with van der Waals surface area (Å²) >= 11 is 1.38. The molecule has 2 heterocycles. The van der Waals surface area contributed by atoms with Crippen LogP contribution in [0.15, 0.2) is 35.5 Å². The van der Waals surface area contributed by atoms with E-state index in [1.807, 2.05) is 48.4 Å². The summed E-state index contributed by atoms with van der Waals surface area (Å²) in [5, 5.41) is 12.5. The van der Waals surface area contributed by atoms with Crippen LogP contribution in [0.1, 0.15) is 43.0 Å². The number of carbonyl (C=O) groups excluding carboxylic acids is 2. The van der Waals surface area contributed by atoms with Crippen molar-refractivity contribution in [3.8, 4) is 0 Å². The lowest BCUT2D eigenvalue weighted by atomic mass is 10.0. The van der Waals surface area contributed by atoms with Crippen LogP contribution in [-0.4, -0.2) is 63.5 Å². The first kappa shape index (κ1) is 22.3. The molecule has 0 unspecified atom stereocenters. The van der Waals surface area contributed by atoms with Gasteiger partial charge >= 0.3 is 0 Å². The van der Waals surface area contributed by atoms with Crippen LogP contribution >= 0.6 is 11.8 Å².